The predicted octanol–water partition coefficient (Wildman–Crippen LogP) is 1.30. The Kier molecular flexibility index (Phi) is 6.47. The normalized spacial score (nSPS) is 14.6. The Morgan fingerprint density at radius 1 is 1.28 bits per heavy atom. The maximum atomic E-state index is 12.8. The number of hydrogen-bond acceptors (Lipinski definition) is 8. The summed E-state index contributed by atoms with van der Waals surface area (Å²) in [6.07, 6.45) is 4.75. The van der Waals surface area contributed by atoms with Crippen molar-refractivity contribution in [3.63, 3.8) is 0 Å². The number of anilines is 2. The Balaban J connectivity index is 1.59. The smallest absolute Gasteiger partial charge is 0.330 e. The third-order valence-electron chi connectivity index (χ3n) is 5.57. The van der Waals surface area contributed by atoms with Gasteiger partial charge in [0.1, 0.15) is 11.2 Å². The van der Waals surface area contributed by atoms with Crippen molar-refractivity contribution in [3.05, 3.63) is 40.2 Å². The highest BCUT2D eigenvalue weighted by molar-refractivity contribution is 5.92. The zero-order chi connectivity index (χ0) is 22.7. The van der Waals surface area contributed by atoms with E-state index in [0.717, 1.165) is 18.4 Å². The lowest BCUT2D eigenvalue weighted by atomic mass is 10.1. The average Bonchev–Trinajstić information content (AvgIpc) is 3.05. The van der Waals surface area contributed by atoms with E-state index < -0.39 is 0 Å². The first-order valence-electron chi connectivity index (χ1n) is 10.5. The number of rotatable bonds is 7. The molecule has 0 saturated carbocycles. The van der Waals surface area contributed by atoms with Crippen molar-refractivity contribution in [2.45, 2.75) is 25.8 Å². The molecule has 3 aromatic rings. The van der Waals surface area contributed by atoms with E-state index in [1.54, 1.807) is 41.8 Å². The molecule has 2 N–H and O–H groups in total. The fourth-order valence-electron chi connectivity index (χ4n) is 3.76. The third kappa shape index (κ3) is 4.34. The zero-order valence-corrected chi connectivity index (χ0v) is 18.4. The van der Waals surface area contributed by atoms with E-state index in [1.165, 1.54) is 0 Å². The highest BCUT2D eigenvalue weighted by Crippen LogP contribution is 2.25. The van der Waals surface area contributed by atoms with Gasteiger partial charge in [0.25, 0.3) is 5.91 Å². The van der Waals surface area contributed by atoms with E-state index in [9.17, 15) is 9.59 Å². The number of aryl methyl sites for hydroxylation is 2. The van der Waals surface area contributed by atoms with Crippen LogP contribution in [0, 0.1) is 6.92 Å². The molecule has 3 aromatic heterocycles. The zero-order valence-electron chi connectivity index (χ0n) is 18.4. The maximum absolute atomic E-state index is 12.8. The lowest BCUT2D eigenvalue weighted by molar-refractivity contribution is 0.0695. The molecule has 1 fully saturated rings. The summed E-state index contributed by atoms with van der Waals surface area (Å²) in [5.41, 5.74) is 2.95. The minimum atomic E-state index is -0.265. The second-order valence-corrected chi connectivity index (χ2v) is 7.72. The number of carbonyl (C=O) groups is 1. The molecule has 11 heteroatoms. The van der Waals surface area contributed by atoms with Gasteiger partial charge >= 0.3 is 5.69 Å². The summed E-state index contributed by atoms with van der Waals surface area (Å²) in [6.45, 7) is 3.97. The quantitative estimate of drug-likeness (QED) is 0.526. The molecule has 1 aliphatic heterocycles. The number of imidazole rings is 1. The van der Waals surface area contributed by atoms with Crippen molar-refractivity contribution in [2.75, 3.05) is 38.8 Å². The predicted molar refractivity (Wildman–Crippen MR) is 118 cm³/mol. The van der Waals surface area contributed by atoms with Gasteiger partial charge in [-0.2, -0.15) is 4.98 Å². The van der Waals surface area contributed by atoms with Crippen molar-refractivity contribution in [2.24, 2.45) is 7.05 Å². The van der Waals surface area contributed by atoms with Crippen molar-refractivity contribution in [1.82, 2.24) is 29.4 Å². The molecule has 0 aromatic carbocycles. The molecular weight excluding hydrogens is 414 g/mol. The van der Waals surface area contributed by atoms with Crippen LogP contribution in [0.5, 0.6) is 0 Å². The summed E-state index contributed by atoms with van der Waals surface area (Å²) in [5.74, 6) is 0.0882. The fraction of sp³-hybridized carbons (Fsp3) is 0.476. The van der Waals surface area contributed by atoms with Crippen LogP contribution in [-0.2, 0) is 16.5 Å². The number of carbonyl (C=O) groups excluding carboxylic acids is 1. The van der Waals surface area contributed by atoms with Crippen molar-refractivity contribution in [1.29, 1.82) is 0 Å². The van der Waals surface area contributed by atoms with Crippen molar-refractivity contribution >= 4 is 28.7 Å². The van der Waals surface area contributed by atoms with Gasteiger partial charge in [0, 0.05) is 40.0 Å². The number of pyridine rings is 1. The lowest BCUT2D eigenvalue weighted by Gasteiger charge is -2.22. The molecule has 1 amide bonds. The summed E-state index contributed by atoms with van der Waals surface area (Å²) >= 11 is 0. The Morgan fingerprint density at radius 3 is 2.78 bits per heavy atom. The maximum Gasteiger partial charge on any atom is 0.330 e. The first kappa shape index (κ1) is 21.9. The van der Waals surface area contributed by atoms with Crippen LogP contribution in [0.2, 0.25) is 0 Å². The van der Waals surface area contributed by atoms with Crippen LogP contribution in [0.4, 0.5) is 11.6 Å². The van der Waals surface area contributed by atoms with E-state index >= 15 is 0 Å². The summed E-state index contributed by atoms with van der Waals surface area (Å²) in [5, 5.41) is 5.90. The van der Waals surface area contributed by atoms with Gasteiger partial charge in [-0.3, -0.25) is 13.9 Å². The van der Waals surface area contributed by atoms with Crippen LogP contribution in [0.1, 0.15) is 34.9 Å². The standard InChI is InChI=1S/C21H27N7O4/c1-13-10-15(19(29)22-6-9-31-3)23-11-16(13)25-20-24-12-17-18(26-20)28(21(30)27(17)2)14-4-7-32-8-5-14/h10-12,14H,4-9H2,1-3H3,(H,22,29)(H,24,25,26). The number of nitrogens with one attached hydrogen (secondary N) is 2. The molecule has 0 spiro atoms. The van der Waals surface area contributed by atoms with Gasteiger partial charge < -0.3 is 20.1 Å². The van der Waals surface area contributed by atoms with Crippen LogP contribution in [0.3, 0.4) is 0 Å². The van der Waals surface area contributed by atoms with E-state index in [0.29, 0.717) is 54.9 Å². The molecule has 4 heterocycles. The molecule has 32 heavy (non-hydrogen) atoms. The molecule has 1 saturated heterocycles. The molecule has 4 rings (SSSR count). The molecule has 1 aliphatic rings. The first-order chi connectivity index (χ1) is 15.5. The van der Waals surface area contributed by atoms with Crippen molar-refractivity contribution in [3.8, 4) is 0 Å². The molecule has 0 bridgehead atoms. The van der Waals surface area contributed by atoms with Gasteiger partial charge in [0.2, 0.25) is 5.95 Å². The van der Waals surface area contributed by atoms with Gasteiger partial charge in [-0.15, -0.1) is 0 Å². The van der Waals surface area contributed by atoms with E-state index in [1.807, 2.05) is 6.92 Å². The van der Waals surface area contributed by atoms with Crippen LogP contribution >= 0.6 is 0 Å². The molecular formula is C21H27N7O4. The Bertz CT molecular complexity index is 1180. The van der Waals surface area contributed by atoms with E-state index in [2.05, 4.69) is 25.6 Å². The Hall–Kier alpha value is -3.31. The number of methoxy groups -OCH3 is 1. The van der Waals surface area contributed by atoms with Crippen LogP contribution in [-0.4, -0.2) is 63.5 Å². The number of aromatic nitrogens is 5. The SMILES string of the molecule is COCCNC(=O)c1cc(C)c(Nc2ncc3c(n2)n(C2CCOCC2)c(=O)n3C)cn1. The monoisotopic (exact) mass is 441 g/mol. The molecule has 0 unspecified atom stereocenters. The highest BCUT2D eigenvalue weighted by atomic mass is 16.5. The van der Waals surface area contributed by atoms with Crippen LogP contribution in [0.25, 0.3) is 11.2 Å². The summed E-state index contributed by atoms with van der Waals surface area (Å²) in [6, 6.07) is 1.74. The number of ether oxygens (including phenoxy) is 2. The number of nitrogens with zero attached hydrogens (tertiary/aromatic N) is 5. The number of fused-ring (bicyclic) bond motifs is 1. The topological polar surface area (TPSA) is 125 Å². The molecule has 170 valence electrons. The third-order valence-corrected chi connectivity index (χ3v) is 5.57. The molecule has 0 aliphatic carbocycles. The molecule has 0 radical (unpaired) electrons. The van der Waals surface area contributed by atoms with Crippen molar-refractivity contribution < 1.29 is 14.3 Å². The Labute approximate surface area is 184 Å². The Morgan fingerprint density at radius 2 is 2.06 bits per heavy atom. The lowest BCUT2D eigenvalue weighted by Crippen LogP contribution is -2.30. The number of hydrogen-bond donors (Lipinski definition) is 2. The van der Waals surface area contributed by atoms with Gasteiger partial charge in [0.05, 0.1) is 24.7 Å². The van der Waals surface area contributed by atoms with Gasteiger partial charge in [-0.1, -0.05) is 0 Å². The molecule has 11 nitrogen and oxygen atoms in total. The van der Waals surface area contributed by atoms with Gasteiger partial charge in [0.15, 0.2) is 5.65 Å². The largest absolute Gasteiger partial charge is 0.383 e. The minimum absolute atomic E-state index is 0.0435. The fourth-order valence-corrected chi connectivity index (χ4v) is 3.76. The minimum Gasteiger partial charge on any atom is -0.383 e. The van der Waals surface area contributed by atoms with Crippen LogP contribution < -0.4 is 16.3 Å². The highest BCUT2D eigenvalue weighted by Gasteiger charge is 2.23. The van der Waals surface area contributed by atoms with Gasteiger partial charge in [-0.25, -0.2) is 14.8 Å². The van der Waals surface area contributed by atoms with E-state index in [4.69, 9.17) is 9.47 Å². The summed E-state index contributed by atoms with van der Waals surface area (Å²) < 4.78 is 13.7. The van der Waals surface area contributed by atoms with Crippen LogP contribution in [0.15, 0.2) is 23.3 Å². The summed E-state index contributed by atoms with van der Waals surface area (Å²) in [4.78, 5) is 38.3. The second kappa shape index (κ2) is 9.45. The van der Waals surface area contributed by atoms with Gasteiger partial charge in [-0.05, 0) is 31.4 Å². The number of amides is 1. The summed E-state index contributed by atoms with van der Waals surface area (Å²) in [7, 11) is 3.30. The van der Waals surface area contributed by atoms with E-state index in [-0.39, 0.29) is 17.6 Å². The first-order valence-corrected chi connectivity index (χ1v) is 10.5. The molecule has 0 atom stereocenters. The second-order valence-electron chi connectivity index (χ2n) is 7.72. The average molecular weight is 441 g/mol.